The number of aromatic nitrogens is 8. The Morgan fingerprint density at radius 2 is 1.04 bits per heavy atom. The summed E-state index contributed by atoms with van der Waals surface area (Å²) in [5.41, 5.74) is 1.77. The fourth-order valence-electron chi connectivity index (χ4n) is 6.27. The van der Waals surface area contributed by atoms with Gasteiger partial charge in [-0.05, 0) is 25.0 Å². The van der Waals surface area contributed by atoms with Gasteiger partial charge in [0.05, 0.1) is 10.0 Å². The highest BCUT2D eigenvalue weighted by Crippen LogP contribution is 2.41. The van der Waals surface area contributed by atoms with Crippen LogP contribution >= 0.6 is 23.2 Å². The lowest BCUT2D eigenvalue weighted by molar-refractivity contribution is -0.120. The first-order valence-electron chi connectivity index (χ1n) is 15.3. The van der Waals surface area contributed by atoms with Gasteiger partial charge < -0.3 is 19.8 Å². The van der Waals surface area contributed by atoms with E-state index in [0.717, 1.165) is 0 Å². The maximum Gasteiger partial charge on any atom is 0.295 e. The predicted octanol–water partition coefficient (Wildman–Crippen LogP) is 2.96. The molecule has 2 amide bonds. The molecule has 6 heterocycles. The molecule has 0 spiro atoms. The monoisotopic (exact) mass is 684 g/mol. The summed E-state index contributed by atoms with van der Waals surface area (Å²) in [5, 5.41) is 15.4. The maximum absolute atomic E-state index is 13.3. The standard InChI is InChI=1S/C32H26Cl2N10O4/c33-25-19(3-1-5-21(25)27-37-29-31(47)41(11-13-43(29)39-27)15-17-7-9-23(45)35-17)20-4-2-6-22(26(20)34)28-38-30-32(48)42(12-14-44(30)40-28)16-18-8-10-24(46)36-18/h1-6,11-14,17-18H,7-10,15-16H2,(H,35,45)(H,36,46)/t17-,18-/m0/s1. The SMILES string of the molecule is O=C1CC[C@@H](Cn2ccn3nc(-c4cccc(-c5cccc(-c6nc7c(=O)n(C[C@@H]8CCC(=O)N8)ccn7n6)c5Cl)c4Cl)nc3c2=O)N1. The fourth-order valence-corrected chi connectivity index (χ4v) is 6.89. The normalized spacial score (nSPS) is 17.8. The minimum absolute atomic E-state index is 0.0221. The number of halogens is 2. The van der Waals surface area contributed by atoms with E-state index >= 15 is 0 Å². The van der Waals surface area contributed by atoms with Crippen LogP contribution in [0.25, 0.3) is 45.2 Å². The van der Waals surface area contributed by atoms with Gasteiger partial charge in [0.25, 0.3) is 11.1 Å². The van der Waals surface area contributed by atoms with Gasteiger partial charge in [0.2, 0.25) is 23.1 Å². The van der Waals surface area contributed by atoms with E-state index < -0.39 is 0 Å². The average Bonchev–Trinajstić information content (AvgIpc) is 3.88. The van der Waals surface area contributed by atoms with E-state index in [0.29, 0.717) is 71.1 Å². The lowest BCUT2D eigenvalue weighted by Gasteiger charge is -2.11. The summed E-state index contributed by atoms with van der Waals surface area (Å²) in [7, 11) is 0. The number of rotatable bonds is 7. The van der Waals surface area contributed by atoms with Crippen molar-refractivity contribution in [2.75, 3.05) is 0 Å². The van der Waals surface area contributed by atoms with Crippen LogP contribution in [0.15, 0.2) is 70.8 Å². The van der Waals surface area contributed by atoms with Gasteiger partial charge in [0.1, 0.15) is 0 Å². The second-order valence-electron chi connectivity index (χ2n) is 11.9. The van der Waals surface area contributed by atoms with Gasteiger partial charge in [-0.2, -0.15) is 0 Å². The number of fused-ring (bicyclic) bond motifs is 2. The zero-order valence-electron chi connectivity index (χ0n) is 25.1. The summed E-state index contributed by atoms with van der Waals surface area (Å²) in [6, 6.07) is 10.5. The van der Waals surface area contributed by atoms with Crippen molar-refractivity contribution in [3.63, 3.8) is 0 Å². The lowest BCUT2D eigenvalue weighted by Crippen LogP contribution is -2.34. The van der Waals surface area contributed by atoms with Crippen LogP contribution < -0.4 is 21.8 Å². The number of hydrogen-bond donors (Lipinski definition) is 2. The molecule has 2 saturated heterocycles. The van der Waals surface area contributed by atoms with Gasteiger partial charge >= 0.3 is 0 Å². The first-order valence-corrected chi connectivity index (χ1v) is 16.1. The Balaban J connectivity index is 1.12. The first kappa shape index (κ1) is 30.0. The molecule has 4 aromatic heterocycles. The largest absolute Gasteiger partial charge is 0.352 e. The number of nitrogens with one attached hydrogen (secondary N) is 2. The molecule has 0 saturated carbocycles. The van der Waals surface area contributed by atoms with Crippen molar-refractivity contribution < 1.29 is 9.59 Å². The van der Waals surface area contributed by atoms with Crippen molar-refractivity contribution in [2.45, 2.75) is 50.9 Å². The summed E-state index contributed by atoms with van der Waals surface area (Å²) in [6.07, 6.45) is 8.75. The molecule has 2 atom stereocenters. The maximum atomic E-state index is 13.3. The van der Waals surface area contributed by atoms with Gasteiger partial charge in [-0.3, -0.25) is 19.2 Å². The van der Waals surface area contributed by atoms with Gasteiger partial charge in [-0.15, -0.1) is 10.2 Å². The van der Waals surface area contributed by atoms with Crippen molar-refractivity contribution in [3.05, 3.63) is 91.9 Å². The molecule has 2 aliphatic heterocycles. The molecule has 2 fully saturated rings. The average molecular weight is 686 g/mol. The van der Waals surface area contributed by atoms with Crippen LogP contribution in [0.2, 0.25) is 10.0 Å². The van der Waals surface area contributed by atoms with Gasteiger partial charge in [-0.1, -0.05) is 47.5 Å². The first-order chi connectivity index (χ1) is 23.2. The number of benzene rings is 2. The predicted molar refractivity (Wildman–Crippen MR) is 177 cm³/mol. The van der Waals surface area contributed by atoms with E-state index in [9.17, 15) is 19.2 Å². The molecular weight excluding hydrogens is 659 g/mol. The Bertz CT molecular complexity index is 2240. The quantitative estimate of drug-likeness (QED) is 0.259. The Morgan fingerprint density at radius 3 is 1.44 bits per heavy atom. The topological polar surface area (TPSA) is 163 Å². The summed E-state index contributed by atoms with van der Waals surface area (Å²) in [6.45, 7) is 0.678. The smallest absolute Gasteiger partial charge is 0.295 e. The van der Waals surface area contributed by atoms with Crippen molar-refractivity contribution in [2.24, 2.45) is 0 Å². The molecule has 8 rings (SSSR count). The molecule has 2 aromatic carbocycles. The third kappa shape index (κ3) is 5.22. The minimum atomic E-state index is -0.336. The van der Waals surface area contributed by atoms with Crippen LogP contribution in [0.3, 0.4) is 0 Å². The third-order valence-corrected chi connectivity index (χ3v) is 9.53. The molecule has 2 N–H and O–H groups in total. The zero-order chi connectivity index (χ0) is 33.1. The van der Waals surface area contributed by atoms with Crippen molar-refractivity contribution >= 4 is 46.3 Å². The van der Waals surface area contributed by atoms with Crippen LogP contribution in [0.1, 0.15) is 25.7 Å². The number of hydrogen-bond acceptors (Lipinski definition) is 8. The van der Waals surface area contributed by atoms with E-state index in [2.05, 4.69) is 30.8 Å². The van der Waals surface area contributed by atoms with Crippen LogP contribution in [-0.4, -0.2) is 62.2 Å². The van der Waals surface area contributed by atoms with E-state index in [1.807, 2.05) is 12.1 Å². The Kier molecular flexibility index (Phi) is 7.33. The highest BCUT2D eigenvalue weighted by atomic mass is 35.5. The molecule has 0 bridgehead atoms. The molecule has 0 unspecified atom stereocenters. The highest BCUT2D eigenvalue weighted by Gasteiger charge is 2.25. The molecule has 14 nitrogen and oxygen atoms in total. The van der Waals surface area contributed by atoms with Gasteiger partial charge in [0.15, 0.2) is 11.6 Å². The van der Waals surface area contributed by atoms with Crippen LogP contribution in [-0.2, 0) is 22.7 Å². The van der Waals surface area contributed by atoms with Crippen LogP contribution in [0.4, 0.5) is 0 Å². The van der Waals surface area contributed by atoms with Crippen LogP contribution in [0.5, 0.6) is 0 Å². The Morgan fingerprint density at radius 1 is 0.625 bits per heavy atom. The molecular formula is C32H26Cl2N10O4. The molecule has 16 heteroatoms. The summed E-state index contributed by atoms with van der Waals surface area (Å²) in [4.78, 5) is 58.8. The fraction of sp³-hybridized carbons (Fsp3) is 0.250. The summed E-state index contributed by atoms with van der Waals surface area (Å²) in [5.74, 6) is 0.472. The number of nitrogens with zero attached hydrogens (tertiary/aromatic N) is 8. The Labute approximate surface area is 281 Å². The summed E-state index contributed by atoms with van der Waals surface area (Å²) < 4.78 is 5.85. The number of carbonyl (C=O) groups excluding carboxylic acids is 2. The van der Waals surface area contributed by atoms with Crippen molar-refractivity contribution in [1.29, 1.82) is 0 Å². The molecule has 2 aliphatic rings. The molecule has 0 radical (unpaired) electrons. The highest BCUT2D eigenvalue weighted by molar-refractivity contribution is 6.39. The van der Waals surface area contributed by atoms with Gasteiger partial charge in [0, 0.05) is 85.1 Å². The Hall–Kier alpha value is -5.34. The number of carbonyl (C=O) groups is 2. The van der Waals surface area contributed by atoms with E-state index in [1.54, 1.807) is 49.1 Å². The van der Waals surface area contributed by atoms with Crippen molar-refractivity contribution in [3.8, 4) is 33.9 Å². The molecule has 48 heavy (non-hydrogen) atoms. The van der Waals surface area contributed by atoms with Gasteiger partial charge in [-0.25, -0.2) is 19.0 Å². The van der Waals surface area contributed by atoms with E-state index in [4.69, 9.17) is 23.2 Å². The van der Waals surface area contributed by atoms with Crippen LogP contribution in [0, 0.1) is 0 Å². The molecule has 0 aliphatic carbocycles. The molecule has 242 valence electrons. The summed E-state index contributed by atoms with van der Waals surface area (Å²) >= 11 is 14.0. The second kappa shape index (κ2) is 11.7. The second-order valence-corrected chi connectivity index (χ2v) is 12.6. The number of amides is 2. The lowest BCUT2D eigenvalue weighted by atomic mass is 10.00. The minimum Gasteiger partial charge on any atom is -0.352 e. The zero-order valence-corrected chi connectivity index (χ0v) is 26.6. The van der Waals surface area contributed by atoms with Crippen molar-refractivity contribution in [1.82, 2.24) is 49.0 Å². The van der Waals surface area contributed by atoms with E-state index in [-0.39, 0.29) is 58.0 Å². The third-order valence-electron chi connectivity index (χ3n) is 8.72. The molecule has 6 aromatic rings. The van der Waals surface area contributed by atoms with E-state index in [1.165, 1.54) is 18.2 Å².